The maximum absolute atomic E-state index is 11.5. The average molecular weight is 222 g/mol. The summed E-state index contributed by atoms with van der Waals surface area (Å²) in [5, 5.41) is 19.8. The molecule has 16 heavy (non-hydrogen) atoms. The fraction of sp³-hybridized carbons (Fsp3) is 0.364. The lowest BCUT2D eigenvalue weighted by molar-refractivity contribution is -0.497. The summed E-state index contributed by atoms with van der Waals surface area (Å²) >= 11 is 0. The second-order valence-corrected chi connectivity index (χ2v) is 4.16. The van der Waals surface area contributed by atoms with Crippen molar-refractivity contribution < 1.29 is 15.4 Å². The van der Waals surface area contributed by atoms with Crippen molar-refractivity contribution in [1.29, 1.82) is 0 Å². The molecule has 2 atom stereocenters. The van der Waals surface area contributed by atoms with Crippen molar-refractivity contribution in [2.45, 2.75) is 11.8 Å². The second kappa shape index (κ2) is 3.86. The van der Waals surface area contributed by atoms with Crippen molar-refractivity contribution in [2.24, 2.45) is 11.7 Å². The van der Waals surface area contributed by atoms with Gasteiger partial charge in [-0.2, -0.15) is 0 Å². The van der Waals surface area contributed by atoms with Gasteiger partial charge in [-0.15, -0.1) is 0 Å². The molecule has 0 aliphatic heterocycles. The number of primary amides is 1. The lowest BCUT2D eigenvalue weighted by atomic mass is 9.92. The quantitative estimate of drug-likeness (QED) is 0.455. The molecule has 0 unspecified atom stereocenters. The third-order valence-corrected chi connectivity index (χ3v) is 3.30. The highest BCUT2D eigenvalue weighted by Gasteiger charge is 2.59. The van der Waals surface area contributed by atoms with Crippen LogP contribution in [0, 0.1) is 11.1 Å². The Kier molecular flexibility index (Phi) is 2.67. The molecule has 1 saturated carbocycles. The van der Waals surface area contributed by atoms with E-state index >= 15 is 0 Å². The van der Waals surface area contributed by atoms with Crippen LogP contribution >= 0.6 is 0 Å². The third-order valence-electron chi connectivity index (χ3n) is 3.30. The topological polar surface area (TPSA) is 103 Å². The minimum atomic E-state index is -0.770. The number of aliphatic hydroxyl groups is 1. The Hall–Kier alpha value is -1.43. The summed E-state index contributed by atoms with van der Waals surface area (Å²) in [6.07, 6.45) is 0.557. The highest BCUT2D eigenvalue weighted by Crippen LogP contribution is 2.53. The van der Waals surface area contributed by atoms with E-state index in [1.54, 1.807) is 24.3 Å². The summed E-state index contributed by atoms with van der Waals surface area (Å²) in [7, 11) is 0. The fourth-order valence-corrected chi connectivity index (χ4v) is 2.24. The number of carbonyl (C=O) groups excluding carboxylic acids is 1. The molecule has 0 bridgehead atoms. The molecule has 0 radical (unpaired) electrons. The minimum Gasteiger partial charge on any atom is -0.630 e. The zero-order valence-corrected chi connectivity index (χ0v) is 8.72. The molecule has 5 heteroatoms. The highest BCUT2D eigenvalue weighted by atomic mass is 16.5. The first kappa shape index (κ1) is 11.1. The number of amides is 1. The first-order chi connectivity index (χ1) is 7.65. The van der Waals surface area contributed by atoms with Gasteiger partial charge in [0, 0.05) is 18.6 Å². The van der Waals surface area contributed by atoms with Gasteiger partial charge in [-0.3, -0.25) is 4.79 Å². The Balaban J connectivity index is 2.38. The Labute approximate surface area is 92.8 Å². The van der Waals surface area contributed by atoms with E-state index in [2.05, 4.69) is 0 Å². The number of aliphatic hydroxyl groups excluding tert-OH is 1. The van der Waals surface area contributed by atoms with Crippen LogP contribution in [0.15, 0.2) is 24.3 Å². The Bertz CT molecular complexity index is 421. The zero-order chi connectivity index (χ0) is 11.8. The standard InChI is InChI=1S/C11H14N2O3/c12-10(15)11(5-8(11)6-14)7-2-1-3-9(4-7)13-16/h1-4,8,14H,5-6,13H2,(H2,12,15)/t8-,11+/m0/s1. The largest absolute Gasteiger partial charge is 0.630 e. The number of hydrogen-bond acceptors (Lipinski definition) is 3. The van der Waals surface area contributed by atoms with E-state index in [1.165, 1.54) is 0 Å². The van der Waals surface area contributed by atoms with Crippen LogP contribution in [0.3, 0.4) is 0 Å². The van der Waals surface area contributed by atoms with Gasteiger partial charge in [-0.25, -0.2) is 0 Å². The lowest BCUT2D eigenvalue weighted by Crippen LogP contribution is -2.70. The molecule has 0 heterocycles. The Morgan fingerprint density at radius 2 is 2.44 bits per heavy atom. The molecule has 1 aromatic carbocycles. The van der Waals surface area contributed by atoms with Gasteiger partial charge in [0.1, 0.15) is 5.69 Å². The van der Waals surface area contributed by atoms with Crippen molar-refractivity contribution in [3.05, 3.63) is 35.0 Å². The average Bonchev–Trinajstić information content (AvgIpc) is 3.05. The van der Waals surface area contributed by atoms with Crippen LogP contribution in [-0.2, 0) is 10.2 Å². The number of carbonyl (C=O) groups is 1. The van der Waals surface area contributed by atoms with Gasteiger partial charge in [0.15, 0.2) is 0 Å². The maximum atomic E-state index is 11.5. The predicted octanol–water partition coefficient (Wildman–Crippen LogP) is -0.885. The molecule has 1 aliphatic carbocycles. The van der Waals surface area contributed by atoms with Crippen molar-refractivity contribution in [3.8, 4) is 0 Å². The van der Waals surface area contributed by atoms with Crippen LogP contribution in [0.25, 0.3) is 0 Å². The van der Waals surface area contributed by atoms with E-state index in [9.17, 15) is 10.0 Å². The summed E-state index contributed by atoms with van der Waals surface area (Å²) in [5.41, 5.74) is 6.59. The number of hydrogen-bond donors (Lipinski definition) is 3. The number of rotatable bonds is 4. The van der Waals surface area contributed by atoms with Gasteiger partial charge in [0.2, 0.25) is 5.91 Å². The summed E-state index contributed by atoms with van der Waals surface area (Å²) in [6.45, 7) is -0.0613. The fourth-order valence-electron chi connectivity index (χ4n) is 2.24. The van der Waals surface area contributed by atoms with E-state index in [-0.39, 0.29) is 12.5 Å². The summed E-state index contributed by atoms with van der Waals surface area (Å²) in [6, 6.07) is 6.82. The number of benzene rings is 1. The van der Waals surface area contributed by atoms with E-state index in [4.69, 9.17) is 10.8 Å². The van der Waals surface area contributed by atoms with Crippen LogP contribution < -0.4 is 11.2 Å². The van der Waals surface area contributed by atoms with Crippen molar-refractivity contribution in [1.82, 2.24) is 0 Å². The normalized spacial score (nSPS) is 27.8. The van der Waals surface area contributed by atoms with E-state index in [0.29, 0.717) is 12.1 Å². The highest BCUT2D eigenvalue weighted by molar-refractivity contribution is 5.90. The molecule has 1 amide bonds. The molecular formula is C11H14N2O3. The number of quaternary nitrogens is 1. The van der Waals surface area contributed by atoms with E-state index in [0.717, 1.165) is 11.0 Å². The minimum absolute atomic E-state index is 0.0613. The summed E-state index contributed by atoms with van der Waals surface area (Å²) in [5.74, 6) is -0.554. The van der Waals surface area contributed by atoms with Crippen LogP contribution in [-0.4, -0.2) is 17.6 Å². The van der Waals surface area contributed by atoms with E-state index < -0.39 is 11.3 Å². The Morgan fingerprint density at radius 3 is 2.94 bits per heavy atom. The predicted molar refractivity (Wildman–Crippen MR) is 57.5 cm³/mol. The molecule has 5 nitrogen and oxygen atoms in total. The van der Waals surface area contributed by atoms with Crippen LogP contribution in [0.4, 0.5) is 5.69 Å². The summed E-state index contributed by atoms with van der Waals surface area (Å²) < 4.78 is 0. The van der Waals surface area contributed by atoms with Gasteiger partial charge in [-0.05, 0) is 18.1 Å². The van der Waals surface area contributed by atoms with Crippen LogP contribution in [0.2, 0.25) is 0 Å². The van der Waals surface area contributed by atoms with Gasteiger partial charge in [-0.1, -0.05) is 12.1 Å². The first-order valence-corrected chi connectivity index (χ1v) is 5.11. The molecule has 0 spiro atoms. The zero-order valence-electron chi connectivity index (χ0n) is 8.72. The molecule has 1 aromatic rings. The van der Waals surface area contributed by atoms with Crippen molar-refractivity contribution in [3.63, 3.8) is 0 Å². The van der Waals surface area contributed by atoms with Gasteiger partial charge < -0.3 is 21.5 Å². The molecule has 2 rings (SSSR count). The lowest BCUT2D eigenvalue weighted by Gasteiger charge is -2.14. The smallest absolute Gasteiger partial charge is 0.228 e. The van der Waals surface area contributed by atoms with E-state index in [1.807, 2.05) is 0 Å². The van der Waals surface area contributed by atoms with Crippen LogP contribution in [0.5, 0.6) is 0 Å². The maximum Gasteiger partial charge on any atom is 0.228 e. The summed E-state index contributed by atoms with van der Waals surface area (Å²) in [4.78, 5) is 11.5. The molecule has 86 valence electrons. The van der Waals surface area contributed by atoms with Gasteiger partial charge >= 0.3 is 0 Å². The molecule has 1 fully saturated rings. The van der Waals surface area contributed by atoms with Crippen LogP contribution in [0.1, 0.15) is 12.0 Å². The number of nitrogens with two attached hydrogens (primary N) is 2. The molecule has 5 N–H and O–H groups in total. The first-order valence-electron chi connectivity index (χ1n) is 5.11. The molecule has 0 aromatic heterocycles. The molecule has 1 aliphatic rings. The SMILES string of the molecule is NC(=O)[C@@]1(c2cccc([NH2+][O-])c2)C[C@H]1CO. The van der Waals surface area contributed by atoms with Gasteiger partial charge in [0.25, 0.3) is 0 Å². The second-order valence-electron chi connectivity index (χ2n) is 4.16. The van der Waals surface area contributed by atoms with Gasteiger partial charge in [0.05, 0.1) is 5.41 Å². The monoisotopic (exact) mass is 222 g/mol. The molecule has 0 saturated heterocycles. The van der Waals surface area contributed by atoms with Crippen molar-refractivity contribution in [2.75, 3.05) is 6.61 Å². The Morgan fingerprint density at radius 1 is 1.69 bits per heavy atom. The molecular weight excluding hydrogens is 208 g/mol. The van der Waals surface area contributed by atoms with Crippen molar-refractivity contribution >= 4 is 11.6 Å². The third kappa shape index (κ3) is 1.49.